The van der Waals surface area contributed by atoms with Crippen LogP contribution < -0.4 is 0 Å². The highest BCUT2D eigenvalue weighted by molar-refractivity contribution is 9.10. The molecule has 1 aliphatic carbocycles. The van der Waals surface area contributed by atoms with E-state index < -0.39 is 16.5 Å². The van der Waals surface area contributed by atoms with Crippen molar-refractivity contribution in [2.24, 2.45) is 0 Å². The first-order valence-corrected chi connectivity index (χ1v) is 4.68. The van der Waals surface area contributed by atoms with E-state index in [9.17, 15) is 13.6 Å². The average Bonchev–Trinajstić information content (AvgIpc) is 2.38. The summed E-state index contributed by atoms with van der Waals surface area (Å²) in [6.45, 7) is 0. The standard InChI is InChI=1S/C9H5BrF2O/c10-5-3-4-6(11)1-2-7(12)8(4)9(5)13/h1-2,5H,3H2. The Balaban J connectivity index is 2.68. The van der Waals surface area contributed by atoms with Crippen molar-refractivity contribution in [2.45, 2.75) is 11.2 Å². The lowest BCUT2D eigenvalue weighted by molar-refractivity contribution is 0.0998. The maximum atomic E-state index is 13.1. The number of fused-ring (bicyclic) bond motifs is 1. The van der Waals surface area contributed by atoms with Crippen LogP contribution in [0.25, 0.3) is 0 Å². The van der Waals surface area contributed by atoms with Gasteiger partial charge in [-0.1, -0.05) is 15.9 Å². The van der Waals surface area contributed by atoms with Crippen LogP contribution in [0.5, 0.6) is 0 Å². The molecule has 13 heavy (non-hydrogen) atoms. The molecule has 1 aliphatic rings. The van der Waals surface area contributed by atoms with Crippen LogP contribution in [0.1, 0.15) is 15.9 Å². The van der Waals surface area contributed by atoms with E-state index in [1.54, 1.807) is 0 Å². The first-order valence-electron chi connectivity index (χ1n) is 3.76. The molecule has 1 aromatic carbocycles. The number of alkyl halides is 1. The van der Waals surface area contributed by atoms with Gasteiger partial charge in [-0.2, -0.15) is 0 Å². The highest BCUT2D eigenvalue weighted by Crippen LogP contribution is 2.30. The maximum absolute atomic E-state index is 13.1. The Morgan fingerprint density at radius 3 is 2.54 bits per heavy atom. The van der Waals surface area contributed by atoms with Crippen molar-refractivity contribution >= 4 is 21.7 Å². The van der Waals surface area contributed by atoms with E-state index in [0.29, 0.717) is 0 Å². The lowest BCUT2D eigenvalue weighted by atomic mass is 10.1. The van der Waals surface area contributed by atoms with E-state index in [-0.39, 0.29) is 23.3 Å². The number of hydrogen-bond acceptors (Lipinski definition) is 1. The molecule has 68 valence electrons. The summed E-state index contributed by atoms with van der Waals surface area (Å²) >= 11 is 3.07. The molecule has 1 unspecified atom stereocenters. The number of halogens is 3. The number of Topliss-reactive ketones (excluding diaryl/α,β-unsaturated/α-hetero) is 1. The fraction of sp³-hybridized carbons (Fsp3) is 0.222. The minimum Gasteiger partial charge on any atom is -0.293 e. The van der Waals surface area contributed by atoms with E-state index in [1.807, 2.05) is 0 Å². The van der Waals surface area contributed by atoms with Crippen molar-refractivity contribution in [3.05, 3.63) is 34.9 Å². The molecule has 0 heterocycles. The minimum atomic E-state index is -0.636. The number of hydrogen-bond donors (Lipinski definition) is 0. The molecule has 0 saturated heterocycles. The van der Waals surface area contributed by atoms with Gasteiger partial charge in [-0.25, -0.2) is 8.78 Å². The van der Waals surface area contributed by atoms with Crippen LogP contribution in [0.2, 0.25) is 0 Å². The number of ketones is 1. The monoisotopic (exact) mass is 246 g/mol. The van der Waals surface area contributed by atoms with E-state index in [4.69, 9.17) is 0 Å². The first kappa shape index (κ1) is 8.81. The molecule has 0 saturated carbocycles. The quantitative estimate of drug-likeness (QED) is 0.643. The molecule has 0 fully saturated rings. The van der Waals surface area contributed by atoms with Crippen molar-refractivity contribution < 1.29 is 13.6 Å². The molecular formula is C9H5BrF2O. The molecule has 1 nitrogen and oxygen atoms in total. The van der Waals surface area contributed by atoms with Crippen molar-refractivity contribution in [1.82, 2.24) is 0 Å². The Morgan fingerprint density at radius 2 is 1.92 bits per heavy atom. The number of rotatable bonds is 0. The van der Waals surface area contributed by atoms with Crippen molar-refractivity contribution in [3.8, 4) is 0 Å². The molecule has 0 radical (unpaired) electrons. The predicted octanol–water partition coefficient (Wildman–Crippen LogP) is 2.47. The molecule has 0 aliphatic heterocycles. The summed E-state index contributed by atoms with van der Waals surface area (Å²) in [5.74, 6) is -1.51. The molecule has 2 rings (SSSR count). The third kappa shape index (κ3) is 1.20. The predicted molar refractivity (Wildman–Crippen MR) is 47.1 cm³/mol. The number of carbonyl (C=O) groups excluding carboxylic acids is 1. The molecular weight excluding hydrogens is 242 g/mol. The normalized spacial score (nSPS) is 20.5. The van der Waals surface area contributed by atoms with Gasteiger partial charge in [0.15, 0.2) is 5.78 Å². The third-order valence-electron chi connectivity index (χ3n) is 2.12. The van der Waals surface area contributed by atoms with Crippen LogP contribution >= 0.6 is 15.9 Å². The lowest BCUT2D eigenvalue weighted by Gasteiger charge is -1.99. The Labute approximate surface area is 81.9 Å². The fourth-order valence-electron chi connectivity index (χ4n) is 1.49. The van der Waals surface area contributed by atoms with E-state index >= 15 is 0 Å². The van der Waals surface area contributed by atoms with E-state index in [1.165, 1.54) is 0 Å². The Kier molecular flexibility index (Phi) is 1.95. The second-order valence-corrected chi connectivity index (χ2v) is 4.02. The van der Waals surface area contributed by atoms with E-state index in [2.05, 4.69) is 15.9 Å². The SMILES string of the molecule is O=C1c2c(F)ccc(F)c2CC1Br. The summed E-state index contributed by atoms with van der Waals surface area (Å²) < 4.78 is 26.2. The van der Waals surface area contributed by atoms with Crippen molar-refractivity contribution in [1.29, 1.82) is 0 Å². The van der Waals surface area contributed by atoms with Gasteiger partial charge in [0.1, 0.15) is 11.6 Å². The Morgan fingerprint density at radius 1 is 1.31 bits per heavy atom. The second-order valence-electron chi connectivity index (χ2n) is 2.92. The molecule has 0 spiro atoms. The van der Waals surface area contributed by atoms with Crippen LogP contribution in [-0.2, 0) is 6.42 Å². The van der Waals surface area contributed by atoms with E-state index in [0.717, 1.165) is 12.1 Å². The molecule has 0 aromatic heterocycles. The number of carbonyl (C=O) groups is 1. The zero-order valence-corrected chi connectivity index (χ0v) is 8.07. The van der Waals surface area contributed by atoms with Gasteiger partial charge in [0.05, 0.1) is 10.4 Å². The molecule has 4 heteroatoms. The van der Waals surface area contributed by atoms with Gasteiger partial charge in [0, 0.05) is 5.56 Å². The van der Waals surface area contributed by atoms with Gasteiger partial charge in [-0.3, -0.25) is 4.79 Å². The van der Waals surface area contributed by atoms with Crippen molar-refractivity contribution in [3.63, 3.8) is 0 Å². The summed E-state index contributed by atoms with van der Waals surface area (Å²) in [6, 6.07) is 2.03. The number of benzene rings is 1. The summed E-state index contributed by atoms with van der Waals surface area (Å²) in [5.41, 5.74) is 0.0914. The molecule has 1 atom stereocenters. The largest absolute Gasteiger partial charge is 0.293 e. The zero-order valence-electron chi connectivity index (χ0n) is 6.48. The fourth-order valence-corrected chi connectivity index (χ4v) is 2.04. The molecule has 1 aromatic rings. The van der Waals surface area contributed by atoms with Gasteiger partial charge < -0.3 is 0 Å². The van der Waals surface area contributed by atoms with Gasteiger partial charge in [-0.05, 0) is 18.6 Å². The molecule has 0 bridgehead atoms. The first-order chi connectivity index (χ1) is 6.11. The Bertz CT molecular complexity index is 389. The van der Waals surface area contributed by atoms with Gasteiger partial charge >= 0.3 is 0 Å². The second kappa shape index (κ2) is 2.87. The van der Waals surface area contributed by atoms with Crippen LogP contribution in [0.4, 0.5) is 8.78 Å². The minimum absolute atomic E-state index is 0.0955. The topological polar surface area (TPSA) is 17.1 Å². The maximum Gasteiger partial charge on any atom is 0.180 e. The highest BCUT2D eigenvalue weighted by atomic mass is 79.9. The smallest absolute Gasteiger partial charge is 0.180 e. The summed E-state index contributed by atoms with van der Waals surface area (Å²) in [6.07, 6.45) is 0.234. The van der Waals surface area contributed by atoms with Crippen LogP contribution in [-0.4, -0.2) is 10.6 Å². The van der Waals surface area contributed by atoms with Crippen LogP contribution in [0.15, 0.2) is 12.1 Å². The van der Waals surface area contributed by atoms with Crippen molar-refractivity contribution in [2.75, 3.05) is 0 Å². The van der Waals surface area contributed by atoms with Gasteiger partial charge in [0.25, 0.3) is 0 Å². The summed E-state index contributed by atoms with van der Waals surface area (Å²) in [4.78, 5) is 10.8. The Hall–Kier alpha value is -0.770. The highest BCUT2D eigenvalue weighted by Gasteiger charge is 2.33. The molecule has 0 amide bonds. The third-order valence-corrected chi connectivity index (χ3v) is 2.86. The van der Waals surface area contributed by atoms with Crippen LogP contribution in [0.3, 0.4) is 0 Å². The summed E-state index contributed by atoms with van der Waals surface area (Å²) in [7, 11) is 0. The van der Waals surface area contributed by atoms with Crippen LogP contribution in [0, 0.1) is 11.6 Å². The molecule has 0 N–H and O–H groups in total. The zero-order chi connectivity index (χ0) is 9.59. The lowest BCUT2D eigenvalue weighted by Crippen LogP contribution is -2.07. The van der Waals surface area contributed by atoms with Gasteiger partial charge in [-0.15, -0.1) is 0 Å². The van der Waals surface area contributed by atoms with Gasteiger partial charge in [0.2, 0.25) is 0 Å². The average molecular weight is 247 g/mol. The summed E-state index contributed by atoms with van der Waals surface area (Å²) in [5, 5.41) is 0.